The Bertz CT molecular complexity index is 400. The van der Waals surface area contributed by atoms with E-state index in [9.17, 15) is 13.5 Å². The average molecular weight is 289 g/mol. The Balaban J connectivity index is 1.88. The standard InChI is InChI=1S/C14H27NO3S/c1-13(2)7-9-14(16,10-8-13)11-15-19(17,18)12-5-3-4-6-12/h12,15-16H,3-11H2,1-2H3. The SMILES string of the molecule is CC1(C)CCC(O)(CNS(=O)(=O)C2CCCC2)CC1. The lowest BCUT2D eigenvalue weighted by molar-refractivity contribution is -0.0206. The fourth-order valence-electron chi connectivity index (χ4n) is 3.12. The molecular weight excluding hydrogens is 262 g/mol. The number of aliphatic hydroxyl groups is 1. The lowest BCUT2D eigenvalue weighted by Crippen LogP contribution is -2.48. The number of hydrogen-bond acceptors (Lipinski definition) is 3. The molecule has 2 aliphatic carbocycles. The van der Waals surface area contributed by atoms with Crippen LogP contribution in [0.15, 0.2) is 0 Å². The van der Waals surface area contributed by atoms with Crippen LogP contribution in [0.4, 0.5) is 0 Å². The molecule has 2 rings (SSSR count). The molecule has 112 valence electrons. The number of sulfonamides is 1. The van der Waals surface area contributed by atoms with Crippen LogP contribution in [0.3, 0.4) is 0 Å². The highest BCUT2D eigenvalue weighted by Crippen LogP contribution is 2.40. The average Bonchev–Trinajstić information content (AvgIpc) is 2.86. The van der Waals surface area contributed by atoms with Crippen molar-refractivity contribution in [2.45, 2.75) is 76.1 Å². The number of hydrogen-bond donors (Lipinski definition) is 2. The van der Waals surface area contributed by atoms with E-state index in [4.69, 9.17) is 0 Å². The summed E-state index contributed by atoms with van der Waals surface area (Å²) in [5.41, 5.74) is -0.572. The summed E-state index contributed by atoms with van der Waals surface area (Å²) in [7, 11) is -3.24. The topological polar surface area (TPSA) is 66.4 Å². The van der Waals surface area contributed by atoms with Gasteiger partial charge in [0, 0.05) is 6.54 Å². The first kappa shape index (κ1) is 15.3. The van der Waals surface area contributed by atoms with Gasteiger partial charge in [-0.15, -0.1) is 0 Å². The molecule has 0 aromatic heterocycles. The van der Waals surface area contributed by atoms with Crippen molar-refractivity contribution >= 4 is 10.0 Å². The largest absolute Gasteiger partial charge is 0.389 e. The predicted molar refractivity (Wildman–Crippen MR) is 76.4 cm³/mol. The molecule has 0 bridgehead atoms. The maximum Gasteiger partial charge on any atom is 0.214 e. The van der Waals surface area contributed by atoms with Crippen LogP contribution in [-0.4, -0.2) is 30.9 Å². The van der Waals surface area contributed by atoms with Gasteiger partial charge < -0.3 is 5.11 Å². The lowest BCUT2D eigenvalue weighted by Gasteiger charge is -2.40. The lowest BCUT2D eigenvalue weighted by atomic mass is 9.71. The zero-order valence-electron chi connectivity index (χ0n) is 12.1. The third-order valence-corrected chi connectivity index (χ3v) is 6.77. The van der Waals surface area contributed by atoms with Crippen molar-refractivity contribution in [3.63, 3.8) is 0 Å². The summed E-state index contributed by atoms with van der Waals surface area (Å²) in [6.07, 6.45) is 6.82. The first-order valence-electron chi connectivity index (χ1n) is 7.43. The van der Waals surface area contributed by atoms with Gasteiger partial charge in [0.2, 0.25) is 10.0 Å². The van der Waals surface area contributed by atoms with Crippen LogP contribution in [0, 0.1) is 5.41 Å². The van der Waals surface area contributed by atoms with E-state index >= 15 is 0 Å². The smallest absolute Gasteiger partial charge is 0.214 e. The highest BCUT2D eigenvalue weighted by Gasteiger charge is 2.38. The molecule has 0 saturated heterocycles. The van der Waals surface area contributed by atoms with Crippen LogP contribution in [0.25, 0.3) is 0 Å². The van der Waals surface area contributed by atoms with E-state index in [0.717, 1.165) is 38.5 Å². The molecule has 4 nitrogen and oxygen atoms in total. The molecule has 0 aromatic carbocycles. The summed E-state index contributed by atoms with van der Waals surface area (Å²) in [5, 5.41) is 10.2. The van der Waals surface area contributed by atoms with Crippen molar-refractivity contribution in [3.05, 3.63) is 0 Å². The molecule has 0 unspecified atom stereocenters. The van der Waals surface area contributed by atoms with Gasteiger partial charge in [-0.1, -0.05) is 26.7 Å². The van der Waals surface area contributed by atoms with Gasteiger partial charge in [0.15, 0.2) is 0 Å². The molecule has 0 aliphatic heterocycles. The second-order valence-electron chi connectivity index (χ2n) is 7.16. The van der Waals surface area contributed by atoms with Crippen LogP contribution in [0.1, 0.15) is 65.2 Å². The molecular formula is C14H27NO3S. The van der Waals surface area contributed by atoms with Gasteiger partial charge in [-0.3, -0.25) is 0 Å². The molecule has 19 heavy (non-hydrogen) atoms. The fraction of sp³-hybridized carbons (Fsp3) is 1.00. The zero-order valence-corrected chi connectivity index (χ0v) is 12.9. The van der Waals surface area contributed by atoms with Gasteiger partial charge >= 0.3 is 0 Å². The summed E-state index contributed by atoms with van der Waals surface area (Å²) < 4.78 is 26.9. The van der Waals surface area contributed by atoms with Crippen molar-refractivity contribution in [1.82, 2.24) is 4.72 Å². The summed E-state index contributed by atoms with van der Waals surface area (Å²) >= 11 is 0. The van der Waals surface area contributed by atoms with E-state index < -0.39 is 15.6 Å². The van der Waals surface area contributed by atoms with Crippen LogP contribution < -0.4 is 4.72 Å². The number of nitrogens with one attached hydrogen (secondary N) is 1. The first-order chi connectivity index (χ1) is 8.73. The second kappa shape index (κ2) is 5.34. The minimum atomic E-state index is -3.24. The zero-order chi connectivity index (χ0) is 14.1. The van der Waals surface area contributed by atoms with Gasteiger partial charge in [-0.25, -0.2) is 13.1 Å². The third-order valence-electron chi connectivity index (χ3n) is 4.88. The van der Waals surface area contributed by atoms with Gasteiger partial charge in [0.25, 0.3) is 0 Å². The molecule has 0 heterocycles. The van der Waals surface area contributed by atoms with Gasteiger partial charge in [-0.2, -0.15) is 0 Å². The molecule has 2 saturated carbocycles. The number of rotatable bonds is 4. The Morgan fingerprint density at radius 1 is 1.11 bits per heavy atom. The van der Waals surface area contributed by atoms with Gasteiger partial charge in [-0.05, 0) is 43.9 Å². The van der Waals surface area contributed by atoms with Crippen molar-refractivity contribution in [2.24, 2.45) is 5.41 Å². The highest BCUT2D eigenvalue weighted by molar-refractivity contribution is 7.90. The molecule has 2 N–H and O–H groups in total. The van der Waals surface area contributed by atoms with E-state index in [0.29, 0.717) is 12.8 Å². The normalized spacial score (nSPS) is 27.5. The molecule has 2 fully saturated rings. The maximum absolute atomic E-state index is 12.1. The van der Waals surface area contributed by atoms with Crippen molar-refractivity contribution in [3.8, 4) is 0 Å². The van der Waals surface area contributed by atoms with Crippen LogP contribution in [0.5, 0.6) is 0 Å². The monoisotopic (exact) mass is 289 g/mol. The molecule has 0 amide bonds. The Morgan fingerprint density at radius 2 is 1.63 bits per heavy atom. The van der Waals surface area contributed by atoms with E-state index in [-0.39, 0.29) is 17.2 Å². The van der Waals surface area contributed by atoms with Crippen molar-refractivity contribution < 1.29 is 13.5 Å². The first-order valence-corrected chi connectivity index (χ1v) is 8.98. The minimum absolute atomic E-state index is 0.182. The second-order valence-corrected chi connectivity index (χ2v) is 9.21. The van der Waals surface area contributed by atoms with Crippen molar-refractivity contribution in [2.75, 3.05) is 6.54 Å². The van der Waals surface area contributed by atoms with E-state index in [2.05, 4.69) is 18.6 Å². The molecule has 0 radical (unpaired) electrons. The van der Waals surface area contributed by atoms with E-state index in [1.807, 2.05) is 0 Å². The fourth-order valence-corrected chi connectivity index (χ4v) is 4.78. The molecule has 2 aliphatic rings. The third kappa shape index (κ3) is 3.92. The quantitative estimate of drug-likeness (QED) is 0.833. The predicted octanol–water partition coefficient (Wildman–Crippen LogP) is 2.18. The van der Waals surface area contributed by atoms with E-state index in [1.54, 1.807) is 0 Å². The maximum atomic E-state index is 12.1. The molecule has 0 aromatic rings. The Labute approximate surface area is 117 Å². The molecule has 5 heteroatoms. The Hall–Kier alpha value is -0.130. The van der Waals surface area contributed by atoms with Gasteiger partial charge in [0.1, 0.15) is 0 Å². The highest BCUT2D eigenvalue weighted by atomic mass is 32.2. The Morgan fingerprint density at radius 3 is 2.16 bits per heavy atom. The molecule has 0 spiro atoms. The van der Waals surface area contributed by atoms with Crippen LogP contribution >= 0.6 is 0 Å². The minimum Gasteiger partial charge on any atom is -0.389 e. The van der Waals surface area contributed by atoms with Gasteiger partial charge in [0.05, 0.1) is 10.9 Å². The van der Waals surface area contributed by atoms with Crippen molar-refractivity contribution in [1.29, 1.82) is 0 Å². The van der Waals surface area contributed by atoms with Crippen LogP contribution in [-0.2, 0) is 10.0 Å². The summed E-state index contributed by atoms with van der Waals surface area (Å²) in [5.74, 6) is 0. The van der Waals surface area contributed by atoms with E-state index in [1.165, 1.54) is 0 Å². The summed E-state index contributed by atoms with van der Waals surface area (Å²) in [6, 6.07) is 0. The summed E-state index contributed by atoms with van der Waals surface area (Å²) in [6.45, 7) is 4.59. The summed E-state index contributed by atoms with van der Waals surface area (Å²) in [4.78, 5) is 0. The van der Waals surface area contributed by atoms with Crippen LogP contribution in [0.2, 0.25) is 0 Å². The molecule has 0 atom stereocenters. The Kier molecular flexibility index (Phi) is 4.29.